The molecule has 4 nitrogen and oxygen atoms in total. The quantitative estimate of drug-likeness (QED) is 0.904. The van der Waals surface area contributed by atoms with Crippen LogP contribution in [0, 0.1) is 0 Å². The van der Waals surface area contributed by atoms with E-state index in [0.29, 0.717) is 11.4 Å². The largest absolute Gasteiger partial charge is 0.309 e. The summed E-state index contributed by atoms with van der Waals surface area (Å²) in [7, 11) is -3.43. The normalized spacial score (nSPS) is 14.5. The van der Waals surface area contributed by atoms with E-state index < -0.39 is 10.0 Å². The number of nitrogens with one attached hydrogen (secondary N) is 2. The standard InChI is InChI=1S/C13H14N2O2S2/c16-19(17,15-6-10-3-4-18-9-10)13-2-1-11-7-14-8-12(11)5-13/h1-5,9,14-15H,6-8H2. The van der Waals surface area contributed by atoms with Crippen LogP contribution in [0.25, 0.3) is 0 Å². The molecule has 0 unspecified atom stereocenters. The number of sulfonamides is 1. The van der Waals surface area contributed by atoms with Crippen LogP contribution in [0.4, 0.5) is 0 Å². The fourth-order valence-corrected chi connectivity index (χ4v) is 3.83. The molecule has 0 amide bonds. The molecule has 1 aromatic carbocycles. The van der Waals surface area contributed by atoms with Gasteiger partial charge in [0.25, 0.3) is 0 Å². The van der Waals surface area contributed by atoms with Crippen molar-refractivity contribution in [1.82, 2.24) is 10.0 Å². The first-order valence-electron chi connectivity index (χ1n) is 5.98. The third-order valence-electron chi connectivity index (χ3n) is 3.17. The van der Waals surface area contributed by atoms with Crippen molar-refractivity contribution in [3.05, 3.63) is 51.7 Å². The predicted molar refractivity (Wildman–Crippen MR) is 75.3 cm³/mol. The minimum Gasteiger partial charge on any atom is -0.309 e. The predicted octanol–water partition coefficient (Wildman–Crippen LogP) is 1.83. The van der Waals surface area contributed by atoms with Gasteiger partial charge < -0.3 is 5.32 Å². The van der Waals surface area contributed by atoms with E-state index >= 15 is 0 Å². The fraction of sp³-hybridized carbons (Fsp3) is 0.231. The maximum Gasteiger partial charge on any atom is 0.240 e. The maximum atomic E-state index is 12.2. The second kappa shape index (κ2) is 5.05. The van der Waals surface area contributed by atoms with Crippen molar-refractivity contribution in [3.8, 4) is 0 Å². The minimum absolute atomic E-state index is 0.334. The Labute approximate surface area is 116 Å². The lowest BCUT2D eigenvalue weighted by atomic mass is 10.1. The SMILES string of the molecule is O=S(=O)(NCc1ccsc1)c1ccc2c(c1)CNC2. The maximum absolute atomic E-state index is 12.2. The highest BCUT2D eigenvalue weighted by atomic mass is 32.2. The van der Waals surface area contributed by atoms with Gasteiger partial charge in [0, 0.05) is 19.6 Å². The average Bonchev–Trinajstić information content (AvgIpc) is 3.06. The molecule has 0 saturated heterocycles. The highest BCUT2D eigenvalue weighted by Crippen LogP contribution is 2.20. The monoisotopic (exact) mass is 294 g/mol. The fourth-order valence-electron chi connectivity index (χ4n) is 2.09. The molecule has 0 spiro atoms. The van der Waals surface area contributed by atoms with Crippen LogP contribution >= 0.6 is 11.3 Å². The molecule has 0 aliphatic carbocycles. The van der Waals surface area contributed by atoms with Crippen LogP contribution in [0.1, 0.15) is 16.7 Å². The van der Waals surface area contributed by atoms with Crippen LogP contribution in [0.5, 0.6) is 0 Å². The van der Waals surface area contributed by atoms with E-state index in [-0.39, 0.29) is 0 Å². The molecule has 6 heteroatoms. The van der Waals surface area contributed by atoms with E-state index in [9.17, 15) is 8.42 Å². The zero-order valence-electron chi connectivity index (χ0n) is 10.2. The molecule has 2 heterocycles. The van der Waals surface area contributed by atoms with E-state index in [0.717, 1.165) is 24.2 Å². The van der Waals surface area contributed by atoms with E-state index in [1.807, 2.05) is 22.9 Å². The summed E-state index contributed by atoms with van der Waals surface area (Å²) in [5.41, 5.74) is 3.23. The Morgan fingerprint density at radius 3 is 2.84 bits per heavy atom. The Hall–Kier alpha value is -1.21. The summed E-state index contributed by atoms with van der Waals surface area (Å²) in [5.74, 6) is 0. The molecule has 0 atom stereocenters. The Morgan fingerprint density at radius 2 is 2.05 bits per heavy atom. The van der Waals surface area contributed by atoms with Crippen LogP contribution in [-0.4, -0.2) is 8.42 Å². The second-order valence-electron chi connectivity index (χ2n) is 4.49. The summed E-state index contributed by atoms with van der Waals surface area (Å²) in [6.07, 6.45) is 0. The molecule has 0 fully saturated rings. The molecule has 1 aromatic heterocycles. The van der Waals surface area contributed by atoms with Gasteiger partial charge in [0.2, 0.25) is 10.0 Å². The van der Waals surface area contributed by atoms with Gasteiger partial charge in [-0.15, -0.1) is 0 Å². The number of fused-ring (bicyclic) bond motifs is 1. The van der Waals surface area contributed by atoms with Crippen molar-refractivity contribution >= 4 is 21.4 Å². The zero-order valence-corrected chi connectivity index (χ0v) is 11.9. The molecule has 2 aromatic rings. The highest BCUT2D eigenvalue weighted by Gasteiger charge is 2.17. The molecule has 19 heavy (non-hydrogen) atoms. The lowest BCUT2D eigenvalue weighted by Crippen LogP contribution is -2.23. The molecular weight excluding hydrogens is 280 g/mol. The van der Waals surface area contributed by atoms with Gasteiger partial charge in [-0.25, -0.2) is 13.1 Å². The first kappa shape index (κ1) is 12.8. The van der Waals surface area contributed by atoms with Crippen LogP contribution in [0.15, 0.2) is 39.9 Å². The van der Waals surface area contributed by atoms with Gasteiger partial charge in [-0.1, -0.05) is 6.07 Å². The summed E-state index contributed by atoms with van der Waals surface area (Å²) in [5, 5.41) is 7.08. The van der Waals surface area contributed by atoms with Crippen LogP contribution < -0.4 is 10.0 Å². The summed E-state index contributed by atoms with van der Waals surface area (Å²) in [4.78, 5) is 0.338. The lowest BCUT2D eigenvalue weighted by Gasteiger charge is -2.07. The van der Waals surface area contributed by atoms with E-state index in [4.69, 9.17) is 0 Å². The van der Waals surface area contributed by atoms with Crippen molar-refractivity contribution in [2.75, 3.05) is 0 Å². The molecule has 0 radical (unpaired) electrons. The molecule has 3 rings (SSSR count). The topological polar surface area (TPSA) is 58.2 Å². The van der Waals surface area contributed by atoms with Gasteiger partial charge in [-0.2, -0.15) is 11.3 Å². The van der Waals surface area contributed by atoms with Crippen molar-refractivity contribution in [1.29, 1.82) is 0 Å². The molecule has 1 aliphatic rings. The van der Waals surface area contributed by atoms with Crippen molar-refractivity contribution in [3.63, 3.8) is 0 Å². The average molecular weight is 294 g/mol. The van der Waals surface area contributed by atoms with Gasteiger partial charge in [0.05, 0.1) is 4.90 Å². The Morgan fingerprint density at radius 1 is 1.21 bits per heavy atom. The molecule has 1 aliphatic heterocycles. The third-order valence-corrected chi connectivity index (χ3v) is 5.30. The molecule has 0 saturated carbocycles. The lowest BCUT2D eigenvalue weighted by molar-refractivity contribution is 0.581. The van der Waals surface area contributed by atoms with E-state index in [1.54, 1.807) is 23.5 Å². The molecular formula is C13H14N2O2S2. The first-order chi connectivity index (χ1) is 9.15. The number of hydrogen-bond acceptors (Lipinski definition) is 4. The zero-order chi connectivity index (χ0) is 13.3. The van der Waals surface area contributed by atoms with E-state index in [1.165, 1.54) is 5.56 Å². The number of benzene rings is 1. The van der Waals surface area contributed by atoms with Gasteiger partial charge in [-0.05, 0) is 45.6 Å². The van der Waals surface area contributed by atoms with E-state index in [2.05, 4.69) is 10.0 Å². The van der Waals surface area contributed by atoms with Gasteiger partial charge in [0.15, 0.2) is 0 Å². The van der Waals surface area contributed by atoms with Crippen molar-refractivity contribution in [2.45, 2.75) is 24.5 Å². The van der Waals surface area contributed by atoms with Gasteiger partial charge in [-0.3, -0.25) is 0 Å². The minimum atomic E-state index is -3.43. The van der Waals surface area contributed by atoms with Crippen LogP contribution in [0.2, 0.25) is 0 Å². The summed E-state index contributed by atoms with van der Waals surface area (Å²) < 4.78 is 27.0. The molecule has 2 N–H and O–H groups in total. The van der Waals surface area contributed by atoms with Crippen molar-refractivity contribution < 1.29 is 8.42 Å². The number of rotatable bonds is 4. The van der Waals surface area contributed by atoms with Crippen LogP contribution in [0.3, 0.4) is 0 Å². The highest BCUT2D eigenvalue weighted by molar-refractivity contribution is 7.89. The summed E-state index contributed by atoms with van der Waals surface area (Å²) in [6.45, 7) is 1.89. The summed E-state index contributed by atoms with van der Waals surface area (Å²) >= 11 is 1.56. The van der Waals surface area contributed by atoms with Crippen molar-refractivity contribution in [2.24, 2.45) is 0 Å². The molecule has 0 bridgehead atoms. The third kappa shape index (κ3) is 2.71. The van der Waals surface area contributed by atoms with Gasteiger partial charge >= 0.3 is 0 Å². The first-order valence-corrected chi connectivity index (χ1v) is 8.41. The van der Waals surface area contributed by atoms with Crippen LogP contribution in [-0.2, 0) is 29.7 Å². The molecule has 100 valence electrons. The number of hydrogen-bond donors (Lipinski definition) is 2. The Bertz CT molecular complexity index is 679. The number of thiophene rings is 1. The summed E-state index contributed by atoms with van der Waals surface area (Å²) in [6, 6.07) is 7.22. The second-order valence-corrected chi connectivity index (χ2v) is 7.04. The Kier molecular flexibility index (Phi) is 3.40. The van der Waals surface area contributed by atoms with Gasteiger partial charge in [0.1, 0.15) is 0 Å². The Balaban J connectivity index is 1.80. The smallest absolute Gasteiger partial charge is 0.240 e.